The lowest BCUT2D eigenvalue weighted by Gasteiger charge is -2.34. The van der Waals surface area contributed by atoms with Gasteiger partial charge in [-0.25, -0.2) is 4.39 Å². The molecule has 1 unspecified atom stereocenters. The van der Waals surface area contributed by atoms with Crippen LogP contribution in [0.2, 0.25) is 5.02 Å². The molecule has 0 aliphatic carbocycles. The van der Waals surface area contributed by atoms with Crippen LogP contribution in [0.5, 0.6) is 0 Å². The highest BCUT2D eigenvalue weighted by Crippen LogP contribution is 2.39. The number of halogens is 2. The Balaban J connectivity index is 1.84. The van der Waals surface area contributed by atoms with Crippen LogP contribution in [0.1, 0.15) is 28.2 Å². The number of nitrogens with zero attached hydrogens (tertiary/aromatic N) is 1. The second-order valence-electron chi connectivity index (χ2n) is 6.26. The van der Waals surface area contributed by atoms with Crippen LogP contribution in [0.3, 0.4) is 0 Å². The van der Waals surface area contributed by atoms with Gasteiger partial charge in [-0.2, -0.15) is 0 Å². The highest BCUT2D eigenvalue weighted by Gasteiger charge is 2.29. The zero-order chi connectivity index (χ0) is 15.3. The minimum atomic E-state index is -0.336. The molecule has 2 nitrogen and oxygen atoms in total. The van der Waals surface area contributed by atoms with Crippen LogP contribution in [-0.2, 0) is 13.0 Å². The zero-order valence-electron chi connectivity index (χ0n) is 12.5. The number of hydrogen-bond acceptors (Lipinski definition) is 2. The van der Waals surface area contributed by atoms with Gasteiger partial charge >= 0.3 is 0 Å². The van der Waals surface area contributed by atoms with Crippen molar-refractivity contribution < 1.29 is 4.39 Å². The largest absolute Gasteiger partial charge is 0.384 e. The predicted octanol–water partition coefficient (Wildman–Crippen LogP) is 4.02. The minimum absolute atomic E-state index is 0.186. The van der Waals surface area contributed by atoms with E-state index in [2.05, 4.69) is 29.4 Å². The molecule has 2 aromatic rings. The van der Waals surface area contributed by atoms with E-state index >= 15 is 0 Å². The number of benzene rings is 2. The molecule has 0 fully saturated rings. The Bertz CT molecular complexity index is 744. The van der Waals surface area contributed by atoms with Gasteiger partial charge in [0.15, 0.2) is 0 Å². The van der Waals surface area contributed by atoms with Crippen LogP contribution in [0.25, 0.3) is 0 Å². The second-order valence-corrected chi connectivity index (χ2v) is 6.67. The van der Waals surface area contributed by atoms with E-state index in [0.29, 0.717) is 0 Å². The lowest BCUT2D eigenvalue weighted by Crippen LogP contribution is -2.31. The van der Waals surface area contributed by atoms with Crippen molar-refractivity contribution in [2.75, 3.05) is 25.5 Å². The summed E-state index contributed by atoms with van der Waals surface area (Å²) in [4.78, 5) is 2.32. The first-order valence-electron chi connectivity index (χ1n) is 7.65. The molecule has 1 N–H and O–H groups in total. The van der Waals surface area contributed by atoms with E-state index in [9.17, 15) is 4.39 Å². The van der Waals surface area contributed by atoms with Gasteiger partial charge in [0.05, 0.1) is 5.02 Å². The SMILES string of the molecule is CN1Cc2c(ccc3c2CCN3)C(c2ccc(Cl)c(F)c2)C1. The van der Waals surface area contributed by atoms with Crippen molar-refractivity contribution in [3.63, 3.8) is 0 Å². The second kappa shape index (κ2) is 5.25. The summed E-state index contributed by atoms with van der Waals surface area (Å²) in [5.74, 6) is -0.136. The molecular formula is C18H18ClFN2. The lowest BCUT2D eigenvalue weighted by molar-refractivity contribution is 0.294. The third-order valence-electron chi connectivity index (χ3n) is 4.80. The maximum Gasteiger partial charge on any atom is 0.142 e. The van der Waals surface area contributed by atoms with Gasteiger partial charge in [-0.15, -0.1) is 0 Å². The predicted molar refractivity (Wildman–Crippen MR) is 88.2 cm³/mol. The molecule has 2 aromatic carbocycles. The average molecular weight is 317 g/mol. The molecule has 22 heavy (non-hydrogen) atoms. The Labute approximate surface area is 134 Å². The number of hydrogen-bond donors (Lipinski definition) is 1. The number of fused-ring (bicyclic) bond motifs is 3. The molecular weight excluding hydrogens is 299 g/mol. The van der Waals surface area contributed by atoms with E-state index in [-0.39, 0.29) is 16.8 Å². The first-order valence-corrected chi connectivity index (χ1v) is 8.03. The molecule has 0 spiro atoms. The molecule has 2 aliphatic rings. The number of rotatable bonds is 1. The van der Waals surface area contributed by atoms with Crippen LogP contribution in [0.4, 0.5) is 10.1 Å². The molecule has 0 aromatic heterocycles. The van der Waals surface area contributed by atoms with Crippen LogP contribution < -0.4 is 5.32 Å². The summed E-state index contributed by atoms with van der Waals surface area (Å²) >= 11 is 5.83. The molecule has 4 rings (SSSR count). The Kier molecular flexibility index (Phi) is 3.35. The van der Waals surface area contributed by atoms with Gasteiger partial charge in [-0.05, 0) is 53.9 Å². The van der Waals surface area contributed by atoms with Crippen molar-refractivity contribution in [3.05, 3.63) is 63.4 Å². The van der Waals surface area contributed by atoms with Gasteiger partial charge < -0.3 is 10.2 Å². The topological polar surface area (TPSA) is 15.3 Å². The molecule has 1 atom stereocenters. The number of nitrogens with one attached hydrogen (secondary N) is 1. The summed E-state index contributed by atoms with van der Waals surface area (Å²) < 4.78 is 13.9. The summed E-state index contributed by atoms with van der Waals surface area (Å²) in [6.07, 6.45) is 1.08. The third kappa shape index (κ3) is 2.20. The van der Waals surface area contributed by atoms with E-state index in [1.54, 1.807) is 12.1 Å². The van der Waals surface area contributed by atoms with Crippen LogP contribution in [0.15, 0.2) is 30.3 Å². The molecule has 0 saturated carbocycles. The summed E-state index contributed by atoms with van der Waals surface area (Å²) in [6, 6.07) is 9.57. The normalized spacial score (nSPS) is 20.4. The Morgan fingerprint density at radius 1 is 1.23 bits per heavy atom. The fourth-order valence-corrected chi connectivity index (χ4v) is 3.87. The van der Waals surface area contributed by atoms with Crippen LogP contribution in [0, 0.1) is 5.82 Å². The fraction of sp³-hybridized carbons (Fsp3) is 0.333. The lowest BCUT2D eigenvalue weighted by atomic mass is 9.82. The summed E-state index contributed by atoms with van der Waals surface area (Å²) in [6.45, 7) is 2.88. The van der Waals surface area contributed by atoms with Crippen molar-refractivity contribution in [1.82, 2.24) is 4.90 Å². The monoisotopic (exact) mass is 316 g/mol. The van der Waals surface area contributed by atoms with E-state index in [4.69, 9.17) is 11.6 Å². The van der Waals surface area contributed by atoms with E-state index in [0.717, 1.165) is 31.6 Å². The quantitative estimate of drug-likeness (QED) is 0.854. The molecule has 0 amide bonds. The minimum Gasteiger partial charge on any atom is -0.384 e. The van der Waals surface area contributed by atoms with Crippen molar-refractivity contribution in [2.45, 2.75) is 18.9 Å². The summed E-state index contributed by atoms with van der Waals surface area (Å²) in [5.41, 5.74) is 6.44. The first-order chi connectivity index (χ1) is 10.6. The zero-order valence-corrected chi connectivity index (χ0v) is 13.3. The molecule has 0 bridgehead atoms. The fourth-order valence-electron chi connectivity index (χ4n) is 3.76. The average Bonchev–Trinajstić information content (AvgIpc) is 2.98. The first kappa shape index (κ1) is 14.0. The van der Waals surface area contributed by atoms with Gasteiger partial charge in [-0.3, -0.25) is 0 Å². The molecule has 114 valence electrons. The van der Waals surface area contributed by atoms with Gasteiger partial charge in [-0.1, -0.05) is 23.7 Å². The Hall–Kier alpha value is -1.58. The van der Waals surface area contributed by atoms with E-state index < -0.39 is 0 Å². The third-order valence-corrected chi connectivity index (χ3v) is 5.11. The van der Waals surface area contributed by atoms with E-state index in [1.807, 2.05) is 6.07 Å². The summed E-state index contributed by atoms with van der Waals surface area (Å²) in [7, 11) is 2.13. The molecule has 0 radical (unpaired) electrons. The van der Waals surface area contributed by atoms with Gasteiger partial charge in [0.2, 0.25) is 0 Å². The maximum atomic E-state index is 13.9. The van der Waals surface area contributed by atoms with Crippen LogP contribution in [-0.4, -0.2) is 25.0 Å². The molecule has 4 heteroatoms. The van der Waals surface area contributed by atoms with Crippen molar-refractivity contribution >= 4 is 17.3 Å². The Morgan fingerprint density at radius 3 is 2.91 bits per heavy atom. The van der Waals surface area contributed by atoms with Crippen molar-refractivity contribution in [2.24, 2.45) is 0 Å². The van der Waals surface area contributed by atoms with Gasteiger partial charge in [0.25, 0.3) is 0 Å². The highest BCUT2D eigenvalue weighted by atomic mass is 35.5. The molecule has 2 aliphatic heterocycles. The molecule has 0 saturated heterocycles. The molecule has 2 heterocycles. The van der Waals surface area contributed by atoms with Crippen molar-refractivity contribution in [3.8, 4) is 0 Å². The number of likely N-dealkylation sites (N-methyl/N-ethyl adjacent to an activating group) is 1. The highest BCUT2D eigenvalue weighted by molar-refractivity contribution is 6.30. The smallest absolute Gasteiger partial charge is 0.142 e. The maximum absolute atomic E-state index is 13.9. The van der Waals surface area contributed by atoms with Crippen LogP contribution >= 0.6 is 11.6 Å². The standard InChI is InChI=1S/C18H18ClFN2/c1-22-9-14(11-2-4-16(19)17(20)8-11)12-3-5-18-13(6-7-21-18)15(12)10-22/h2-5,8,14,21H,6-7,9-10H2,1H3. The number of anilines is 1. The van der Waals surface area contributed by atoms with E-state index in [1.165, 1.54) is 22.4 Å². The van der Waals surface area contributed by atoms with Gasteiger partial charge in [0.1, 0.15) is 5.82 Å². The van der Waals surface area contributed by atoms with Gasteiger partial charge in [0, 0.05) is 31.2 Å². The Morgan fingerprint density at radius 2 is 2.09 bits per heavy atom. The van der Waals surface area contributed by atoms with Crippen molar-refractivity contribution in [1.29, 1.82) is 0 Å². The summed E-state index contributed by atoms with van der Waals surface area (Å²) in [5, 5.41) is 3.63.